The zero-order valence-electron chi connectivity index (χ0n) is 9.21. The molecule has 0 saturated carbocycles. The van der Waals surface area contributed by atoms with Gasteiger partial charge in [0, 0.05) is 18.7 Å². The fourth-order valence-corrected chi connectivity index (χ4v) is 3.05. The Morgan fingerprint density at radius 2 is 2.20 bits per heavy atom. The third-order valence-corrected chi connectivity index (χ3v) is 4.02. The van der Waals surface area contributed by atoms with E-state index in [1.54, 1.807) is 0 Å². The van der Waals surface area contributed by atoms with Crippen molar-refractivity contribution >= 4 is 0 Å². The minimum atomic E-state index is 0.207. The number of H-pyrrole nitrogens is 1. The molecular weight excluding hydrogens is 188 g/mol. The summed E-state index contributed by atoms with van der Waals surface area (Å²) in [7, 11) is 2.24. The second-order valence-electron chi connectivity index (χ2n) is 4.68. The number of piperidine rings is 1. The van der Waals surface area contributed by atoms with Crippen molar-refractivity contribution in [3.63, 3.8) is 0 Å². The lowest BCUT2D eigenvalue weighted by Gasteiger charge is -2.46. The number of aromatic amines is 1. The highest BCUT2D eigenvalue weighted by Crippen LogP contribution is 2.39. The Bertz CT molecular complexity index is 351. The molecule has 0 atom stereocenters. The maximum atomic E-state index is 4.56. The summed E-state index contributed by atoms with van der Waals surface area (Å²) in [6.45, 7) is 3.36. The maximum Gasteiger partial charge on any atom is 0.0926 e. The van der Waals surface area contributed by atoms with Crippen molar-refractivity contribution in [3.05, 3.63) is 17.7 Å². The van der Waals surface area contributed by atoms with Gasteiger partial charge in [-0.05, 0) is 33.0 Å². The van der Waals surface area contributed by atoms with E-state index < -0.39 is 0 Å². The van der Waals surface area contributed by atoms with Gasteiger partial charge in [-0.25, -0.2) is 4.98 Å². The van der Waals surface area contributed by atoms with Crippen molar-refractivity contribution in [2.75, 3.05) is 26.7 Å². The van der Waals surface area contributed by atoms with Gasteiger partial charge in [0.15, 0.2) is 0 Å². The average molecular weight is 206 g/mol. The number of nitrogens with one attached hydrogen (secondary N) is 2. The fraction of sp³-hybridized carbons (Fsp3) is 0.727. The summed E-state index contributed by atoms with van der Waals surface area (Å²) in [5.41, 5.74) is 2.87. The summed E-state index contributed by atoms with van der Waals surface area (Å²) in [6.07, 6.45) is 5.33. The number of likely N-dealkylation sites (N-methyl/N-ethyl adjacent to an activating group) is 1. The number of hydrogen-bond donors (Lipinski definition) is 2. The van der Waals surface area contributed by atoms with Crippen LogP contribution in [0.5, 0.6) is 0 Å². The monoisotopic (exact) mass is 206 g/mol. The molecule has 1 aromatic rings. The van der Waals surface area contributed by atoms with Crippen molar-refractivity contribution in [1.29, 1.82) is 0 Å². The Labute approximate surface area is 90.1 Å². The van der Waals surface area contributed by atoms with Crippen LogP contribution in [-0.4, -0.2) is 41.5 Å². The topological polar surface area (TPSA) is 44.0 Å². The van der Waals surface area contributed by atoms with Crippen LogP contribution in [0.4, 0.5) is 0 Å². The van der Waals surface area contributed by atoms with Crippen molar-refractivity contribution < 1.29 is 0 Å². The maximum absolute atomic E-state index is 4.56. The first-order chi connectivity index (χ1) is 7.33. The summed E-state index contributed by atoms with van der Waals surface area (Å²) in [4.78, 5) is 10.3. The van der Waals surface area contributed by atoms with E-state index in [4.69, 9.17) is 0 Å². The van der Waals surface area contributed by atoms with Gasteiger partial charge in [-0.2, -0.15) is 0 Å². The Balaban J connectivity index is 2.05. The van der Waals surface area contributed by atoms with Gasteiger partial charge >= 0.3 is 0 Å². The number of hydrogen-bond acceptors (Lipinski definition) is 3. The Hall–Kier alpha value is -0.870. The van der Waals surface area contributed by atoms with E-state index in [9.17, 15) is 0 Å². The highest BCUT2D eigenvalue weighted by Gasteiger charge is 2.43. The zero-order chi connectivity index (χ0) is 10.3. The Morgan fingerprint density at radius 3 is 3.00 bits per heavy atom. The average Bonchev–Trinajstić information content (AvgIpc) is 2.75. The van der Waals surface area contributed by atoms with Gasteiger partial charge in [-0.3, -0.25) is 4.90 Å². The summed E-state index contributed by atoms with van der Waals surface area (Å²) in [5, 5.41) is 3.44. The highest BCUT2D eigenvalue weighted by atomic mass is 15.2. The lowest BCUT2D eigenvalue weighted by molar-refractivity contribution is 0.0647. The molecule has 1 fully saturated rings. The first-order valence-corrected chi connectivity index (χ1v) is 5.78. The van der Waals surface area contributed by atoms with Gasteiger partial charge < -0.3 is 10.3 Å². The van der Waals surface area contributed by atoms with Crippen LogP contribution in [0.3, 0.4) is 0 Å². The molecule has 15 heavy (non-hydrogen) atoms. The summed E-state index contributed by atoms with van der Waals surface area (Å²) in [6, 6.07) is 0. The Morgan fingerprint density at radius 1 is 1.40 bits per heavy atom. The zero-order valence-corrected chi connectivity index (χ0v) is 9.21. The number of rotatable bonds is 0. The molecular formula is C11H18N4. The molecule has 82 valence electrons. The fourth-order valence-electron chi connectivity index (χ4n) is 3.05. The number of imidazole rings is 1. The molecule has 0 radical (unpaired) electrons. The highest BCUT2D eigenvalue weighted by molar-refractivity contribution is 5.26. The molecule has 2 N–H and O–H groups in total. The molecule has 2 aliphatic heterocycles. The smallest absolute Gasteiger partial charge is 0.0926 e. The van der Waals surface area contributed by atoms with Crippen LogP contribution in [-0.2, 0) is 12.0 Å². The van der Waals surface area contributed by atoms with Crippen molar-refractivity contribution in [2.24, 2.45) is 0 Å². The van der Waals surface area contributed by atoms with Crippen molar-refractivity contribution in [3.8, 4) is 0 Å². The van der Waals surface area contributed by atoms with Crippen molar-refractivity contribution in [2.45, 2.75) is 24.8 Å². The van der Waals surface area contributed by atoms with Gasteiger partial charge in [-0.15, -0.1) is 0 Å². The number of aromatic nitrogens is 2. The predicted octanol–water partition coefficient (Wildman–Crippen LogP) is 0.476. The van der Waals surface area contributed by atoms with Gasteiger partial charge in [-0.1, -0.05) is 0 Å². The molecule has 0 bridgehead atoms. The van der Waals surface area contributed by atoms with E-state index in [-0.39, 0.29) is 5.54 Å². The lowest BCUT2D eigenvalue weighted by atomic mass is 9.80. The molecule has 0 amide bonds. The molecule has 1 saturated heterocycles. The largest absolute Gasteiger partial charge is 0.348 e. The van der Waals surface area contributed by atoms with E-state index in [0.29, 0.717) is 0 Å². The molecule has 1 spiro atoms. The quantitative estimate of drug-likeness (QED) is 0.649. The summed E-state index contributed by atoms with van der Waals surface area (Å²) >= 11 is 0. The van der Waals surface area contributed by atoms with E-state index >= 15 is 0 Å². The van der Waals surface area contributed by atoms with E-state index in [0.717, 1.165) is 26.1 Å². The number of nitrogens with zero attached hydrogens (tertiary/aromatic N) is 2. The molecule has 3 heterocycles. The molecule has 0 aliphatic carbocycles. The van der Waals surface area contributed by atoms with Gasteiger partial charge in [0.1, 0.15) is 0 Å². The van der Waals surface area contributed by atoms with Crippen LogP contribution in [0.1, 0.15) is 24.2 Å². The molecule has 0 unspecified atom stereocenters. The minimum Gasteiger partial charge on any atom is -0.348 e. The van der Waals surface area contributed by atoms with Crippen LogP contribution < -0.4 is 5.32 Å². The molecule has 2 aliphatic rings. The molecule has 1 aromatic heterocycles. The van der Waals surface area contributed by atoms with Crippen LogP contribution in [0.2, 0.25) is 0 Å². The second kappa shape index (κ2) is 3.32. The minimum absolute atomic E-state index is 0.207. The van der Waals surface area contributed by atoms with Crippen LogP contribution in [0.25, 0.3) is 0 Å². The van der Waals surface area contributed by atoms with Crippen LogP contribution in [0.15, 0.2) is 6.33 Å². The first kappa shape index (κ1) is 9.36. The van der Waals surface area contributed by atoms with Crippen LogP contribution in [0, 0.1) is 0 Å². The first-order valence-electron chi connectivity index (χ1n) is 5.78. The molecule has 3 rings (SSSR count). The van der Waals surface area contributed by atoms with Gasteiger partial charge in [0.25, 0.3) is 0 Å². The third-order valence-electron chi connectivity index (χ3n) is 4.02. The number of fused-ring (bicyclic) bond motifs is 2. The molecule has 4 nitrogen and oxygen atoms in total. The van der Waals surface area contributed by atoms with Gasteiger partial charge in [0.05, 0.1) is 17.6 Å². The predicted molar refractivity (Wildman–Crippen MR) is 58.7 cm³/mol. The standard InChI is InChI=1S/C11H18N4/c1-15-7-2-9-10(14-8-13-9)11(15)3-5-12-6-4-11/h8,12H,2-7H2,1H3,(H,13,14). The van der Waals surface area contributed by atoms with E-state index in [1.807, 2.05) is 6.33 Å². The second-order valence-corrected chi connectivity index (χ2v) is 4.68. The van der Waals surface area contributed by atoms with Gasteiger partial charge in [0.2, 0.25) is 0 Å². The summed E-state index contributed by atoms with van der Waals surface area (Å²) < 4.78 is 0. The summed E-state index contributed by atoms with van der Waals surface area (Å²) in [5.74, 6) is 0. The Kier molecular flexibility index (Phi) is 2.07. The SMILES string of the molecule is CN1CCc2[nH]cnc2C12CCNCC2. The molecule has 4 heteroatoms. The van der Waals surface area contributed by atoms with Crippen LogP contribution >= 0.6 is 0 Å². The van der Waals surface area contributed by atoms with Crippen molar-refractivity contribution in [1.82, 2.24) is 20.2 Å². The molecule has 0 aromatic carbocycles. The normalized spacial score (nSPS) is 25.4. The lowest BCUT2D eigenvalue weighted by Crippen LogP contribution is -2.54. The van der Waals surface area contributed by atoms with E-state index in [1.165, 1.54) is 24.2 Å². The van der Waals surface area contributed by atoms with E-state index in [2.05, 4.69) is 27.2 Å². The third kappa shape index (κ3) is 1.25.